The fraction of sp³-hybridized carbons (Fsp3) is 0.357. The van der Waals surface area contributed by atoms with Gasteiger partial charge in [0.25, 0.3) is 5.91 Å². The van der Waals surface area contributed by atoms with Gasteiger partial charge in [-0.25, -0.2) is 0 Å². The van der Waals surface area contributed by atoms with Gasteiger partial charge >= 0.3 is 0 Å². The summed E-state index contributed by atoms with van der Waals surface area (Å²) in [6.07, 6.45) is 1.77. The van der Waals surface area contributed by atoms with Gasteiger partial charge in [0, 0.05) is 43.9 Å². The molecular weight excluding hydrogens is 442 g/mol. The number of nitrogens with two attached hydrogens (primary N) is 1. The molecule has 0 aliphatic carbocycles. The van der Waals surface area contributed by atoms with Crippen molar-refractivity contribution in [2.75, 3.05) is 33.4 Å². The third-order valence-corrected chi connectivity index (χ3v) is 6.41. The maximum atomic E-state index is 12.6. The number of nitrogens with one attached hydrogen (secondary N) is 1. The summed E-state index contributed by atoms with van der Waals surface area (Å²) in [7, 11) is 1.67. The number of benzene rings is 3. The molecule has 4 rings (SSSR count). The number of hydrogen-bond acceptors (Lipinski definition) is 5. The summed E-state index contributed by atoms with van der Waals surface area (Å²) in [5.41, 5.74) is 8.56. The van der Waals surface area contributed by atoms with Crippen molar-refractivity contribution in [2.45, 2.75) is 32.0 Å². The first kappa shape index (κ1) is 24.9. The van der Waals surface area contributed by atoms with Crippen molar-refractivity contribution < 1.29 is 19.1 Å². The molecule has 1 saturated heterocycles. The largest absolute Gasteiger partial charge is 0.382 e. The average molecular weight is 476 g/mol. The van der Waals surface area contributed by atoms with Gasteiger partial charge in [-0.05, 0) is 65.1 Å². The second kappa shape index (κ2) is 11.9. The molecule has 1 fully saturated rings. The average Bonchev–Trinajstić information content (AvgIpc) is 2.87. The molecule has 2 amide bonds. The van der Waals surface area contributed by atoms with Crippen molar-refractivity contribution in [3.05, 3.63) is 82.9 Å². The summed E-state index contributed by atoms with van der Waals surface area (Å²) >= 11 is 0. The lowest BCUT2D eigenvalue weighted by molar-refractivity contribution is 0.0617. The summed E-state index contributed by atoms with van der Waals surface area (Å²) in [6.45, 7) is 4.47. The minimum Gasteiger partial charge on any atom is -0.382 e. The quantitative estimate of drug-likeness (QED) is 0.438. The van der Waals surface area contributed by atoms with Crippen LogP contribution in [-0.4, -0.2) is 56.2 Å². The number of nitrogens with zero attached hydrogens (tertiary/aromatic N) is 1. The van der Waals surface area contributed by atoms with Gasteiger partial charge in [-0.3, -0.25) is 14.5 Å². The van der Waals surface area contributed by atoms with E-state index in [0.717, 1.165) is 38.0 Å². The van der Waals surface area contributed by atoms with Crippen LogP contribution in [0.4, 0.5) is 0 Å². The number of fused-ring (bicyclic) bond motifs is 1. The monoisotopic (exact) mass is 475 g/mol. The Kier molecular flexibility index (Phi) is 8.47. The molecule has 0 saturated carbocycles. The smallest absolute Gasteiger partial charge is 0.251 e. The van der Waals surface area contributed by atoms with E-state index < -0.39 is 5.91 Å². The number of carbonyl (C=O) groups excluding carboxylic acids is 2. The molecule has 0 spiro atoms. The highest BCUT2D eigenvalue weighted by Crippen LogP contribution is 2.21. The summed E-state index contributed by atoms with van der Waals surface area (Å²) in [5, 5.41) is 5.54. The third-order valence-electron chi connectivity index (χ3n) is 6.41. The maximum Gasteiger partial charge on any atom is 0.251 e. The molecule has 35 heavy (non-hydrogen) atoms. The molecule has 7 heteroatoms. The number of carbonyl (C=O) groups is 2. The SMILES string of the molecule is COCCOCc1ccc2ccc(CN3CCC(NC(=O)c4cccc(C(N)=O)c4)CC3)cc2c1. The van der Waals surface area contributed by atoms with Crippen LogP contribution < -0.4 is 11.1 Å². The first-order valence-electron chi connectivity index (χ1n) is 12.0. The number of ether oxygens (including phenoxy) is 2. The van der Waals surface area contributed by atoms with Crippen molar-refractivity contribution >= 4 is 22.6 Å². The van der Waals surface area contributed by atoms with Gasteiger partial charge in [0.15, 0.2) is 0 Å². The second-order valence-electron chi connectivity index (χ2n) is 9.03. The summed E-state index contributed by atoms with van der Waals surface area (Å²) in [6, 6.07) is 19.7. The van der Waals surface area contributed by atoms with Gasteiger partial charge < -0.3 is 20.5 Å². The summed E-state index contributed by atoms with van der Waals surface area (Å²) in [4.78, 5) is 26.4. The Morgan fingerprint density at radius 3 is 2.40 bits per heavy atom. The first-order valence-corrected chi connectivity index (χ1v) is 12.0. The number of likely N-dealkylation sites (tertiary alicyclic amines) is 1. The topological polar surface area (TPSA) is 93.9 Å². The van der Waals surface area contributed by atoms with Crippen molar-refractivity contribution in [1.82, 2.24) is 10.2 Å². The van der Waals surface area contributed by atoms with Crippen LogP contribution in [0.1, 0.15) is 44.7 Å². The Hall–Kier alpha value is -3.26. The first-order chi connectivity index (χ1) is 17.0. The number of methoxy groups -OCH3 is 1. The fourth-order valence-electron chi connectivity index (χ4n) is 4.44. The zero-order valence-electron chi connectivity index (χ0n) is 20.2. The van der Waals surface area contributed by atoms with Gasteiger partial charge in [-0.1, -0.05) is 30.3 Å². The highest BCUT2D eigenvalue weighted by molar-refractivity contribution is 5.99. The predicted octanol–water partition coefficient (Wildman–Crippen LogP) is 3.50. The molecule has 0 radical (unpaired) electrons. The van der Waals surface area contributed by atoms with E-state index in [4.69, 9.17) is 15.2 Å². The van der Waals surface area contributed by atoms with E-state index in [2.05, 4.69) is 46.6 Å². The van der Waals surface area contributed by atoms with Gasteiger partial charge in [-0.2, -0.15) is 0 Å². The molecule has 0 aromatic heterocycles. The van der Waals surface area contributed by atoms with Crippen LogP contribution in [0.3, 0.4) is 0 Å². The normalized spacial score (nSPS) is 14.8. The van der Waals surface area contributed by atoms with Crippen LogP contribution in [0, 0.1) is 0 Å². The van der Waals surface area contributed by atoms with E-state index in [-0.39, 0.29) is 11.9 Å². The van der Waals surface area contributed by atoms with Gasteiger partial charge in [0.1, 0.15) is 0 Å². The summed E-state index contributed by atoms with van der Waals surface area (Å²) < 4.78 is 10.7. The molecule has 1 heterocycles. The maximum absolute atomic E-state index is 12.6. The predicted molar refractivity (Wildman–Crippen MR) is 136 cm³/mol. The van der Waals surface area contributed by atoms with Gasteiger partial charge in [-0.15, -0.1) is 0 Å². The van der Waals surface area contributed by atoms with E-state index >= 15 is 0 Å². The Morgan fingerprint density at radius 2 is 1.66 bits per heavy atom. The molecule has 0 atom stereocenters. The van der Waals surface area contributed by atoms with E-state index in [1.54, 1.807) is 31.4 Å². The summed E-state index contributed by atoms with van der Waals surface area (Å²) in [5.74, 6) is -0.698. The molecule has 3 N–H and O–H groups in total. The van der Waals surface area contributed by atoms with Crippen molar-refractivity contribution in [3.63, 3.8) is 0 Å². The number of rotatable bonds is 10. The molecule has 1 aliphatic heterocycles. The number of amides is 2. The van der Waals surface area contributed by atoms with Crippen LogP contribution >= 0.6 is 0 Å². The number of hydrogen-bond donors (Lipinski definition) is 2. The highest BCUT2D eigenvalue weighted by atomic mass is 16.5. The molecular formula is C28H33N3O4. The van der Waals surface area contributed by atoms with Crippen LogP contribution in [0.2, 0.25) is 0 Å². The van der Waals surface area contributed by atoms with Crippen LogP contribution in [-0.2, 0) is 22.6 Å². The lowest BCUT2D eigenvalue weighted by atomic mass is 10.0. The number of piperidine rings is 1. The Balaban J connectivity index is 1.29. The third kappa shape index (κ3) is 6.88. The Labute approximate surface area is 206 Å². The van der Waals surface area contributed by atoms with Gasteiger partial charge in [0.05, 0.1) is 19.8 Å². The molecule has 3 aromatic rings. The minimum absolute atomic E-state index is 0.119. The highest BCUT2D eigenvalue weighted by Gasteiger charge is 2.21. The molecule has 184 valence electrons. The lowest BCUT2D eigenvalue weighted by Gasteiger charge is -2.32. The lowest BCUT2D eigenvalue weighted by Crippen LogP contribution is -2.44. The fourth-order valence-corrected chi connectivity index (χ4v) is 4.44. The van der Waals surface area contributed by atoms with Crippen LogP contribution in [0.25, 0.3) is 10.8 Å². The molecule has 3 aromatic carbocycles. The van der Waals surface area contributed by atoms with Crippen LogP contribution in [0.15, 0.2) is 60.7 Å². The zero-order valence-corrected chi connectivity index (χ0v) is 20.2. The van der Waals surface area contributed by atoms with E-state index in [1.807, 2.05) is 0 Å². The Bertz CT molecular complexity index is 1170. The van der Waals surface area contributed by atoms with E-state index in [9.17, 15) is 9.59 Å². The molecule has 0 unspecified atom stereocenters. The van der Waals surface area contributed by atoms with Crippen molar-refractivity contribution in [2.24, 2.45) is 5.73 Å². The number of primary amides is 1. The minimum atomic E-state index is -0.534. The standard InChI is InChI=1S/C28H33N3O4/c1-34-13-14-35-19-21-6-8-22-7-5-20(15-25(22)16-21)18-31-11-9-26(10-12-31)30-28(33)24-4-2-3-23(17-24)27(29)32/h2-8,15-17,26H,9-14,18-19H2,1H3,(H2,29,32)(H,30,33). The van der Waals surface area contributed by atoms with Crippen molar-refractivity contribution in [3.8, 4) is 0 Å². The van der Waals surface area contributed by atoms with Gasteiger partial charge in [0.2, 0.25) is 5.91 Å². The Morgan fingerprint density at radius 1 is 0.943 bits per heavy atom. The molecule has 7 nitrogen and oxygen atoms in total. The van der Waals surface area contributed by atoms with Crippen LogP contribution in [0.5, 0.6) is 0 Å². The van der Waals surface area contributed by atoms with Crippen molar-refractivity contribution in [1.29, 1.82) is 0 Å². The molecule has 1 aliphatic rings. The molecule has 0 bridgehead atoms. The van der Waals surface area contributed by atoms with E-state index in [1.165, 1.54) is 16.3 Å². The zero-order chi connectivity index (χ0) is 24.6. The van der Waals surface area contributed by atoms with E-state index in [0.29, 0.717) is 30.9 Å². The second-order valence-corrected chi connectivity index (χ2v) is 9.03.